The van der Waals surface area contributed by atoms with Gasteiger partial charge in [-0.25, -0.2) is 0 Å². The van der Waals surface area contributed by atoms with Crippen LogP contribution >= 0.6 is 0 Å². The Hall–Kier alpha value is -2.81. The molecule has 0 heterocycles. The lowest BCUT2D eigenvalue weighted by Crippen LogP contribution is -2.74. The molecular weight excluding hydrogens is 1340 g/mol. The minimum Gasteiger partial charge on any atom is -0.394 e. The third-order valence-electron chi connectivity index (χ3n) is 12.1. The van der Waals surface area contributed by atoms with Crippen LogP contribution in [0.5, 0.6) is 0 Å². The molecule has 0 atom stereocenters. The molecule has 0 saturated carbocycles. The standard InChI is InChI=1S/C57H91F17O21/c58-50(59,51(60,61)52(62,63)53(64,65)54(66,67)55(68,69)56(70,71)57(72,73)74)6-5-48-1-3-49(4-2-48)47-95-46-45-94-44-43-93-42-41-92-40-39-91-38-37-90-36-35-89-34-33-88-32-31-87-30-29-86-28-27-85-26-25-84-24-23-83-22-21-82-20-19-81-18-17-80-16-15-79-14-13-78-12-11-77-10-9-76-8-7-75/h1-4,75H,5-47H2. The number of halogens is 17. The summed E-state index contributed by atoms with van der Waals surface area (Å²) < 4.78 is 338. The normalized spacial score (nSPS) is 13.3. The molecule has 1 N–H and O–H groups in total. The van der Waals surface area contributed by atoms with Crippen molar-refractivity contribution >= 4 is 0 Å². The average molecular weight is 1440 g/mol. The quantitative estimate of drug-likeness (QED) is 0.0497. The lowest BCUT2D eigenvalue weighted by molar-refractivity contribution is -0.461. The van der Waals surface area contributed by atoms with Crippen LogP contribution in [0.2, 0.25) is 0 Å². The first-order chi connectivity index (χ1) is 45.3. The van der Waals surface area contributed by atoms with Crippen molar-refractivity contribution in [1.29, 1.82) is 0 Å². The Morgan fingerprint density at radius 1 is 0.211 bits per heavy atom. The van der Waals surface area contributed by atoms with Gasteiger partial charge in [0.15, 0.2) is 0 Å². The number of benzene rings is 1. The maximum atomic E-state index is 14.3. The van der Waals surface area contributed by atoms with Gasteiger partial charge in [0.1, 0.15) is 0 Å². The maximum absolute atomic E-state index is 14.3. The van der Waals surface area contributed by atoms with Gasteiger partial charge in [-0.2, -0.15) is 74.6 Å². The molecule has 0 saturated heterocycles. The second-order valence-electron chi connectivity index (χ2n) is 19.4. The molecule has 0 fully saturated rings. The molecule has 1 aromatic rings. The van der Waals surface area contributed by atoms with E-state index in [0.29, 0.717) is 224 Å². The molecule has 0 aromatic heterocycles. The zero-order valence-corrected chi connectivity index (χ0v) is 52.8. The van der Waals surface area contributed by atoms with E-state index in [4.69, 9.17) is 99.8 Å². The highest BCUT2D eigenvalue weighted by Gasteiger charge is 2.95. The molecule has 1 rings (SSSR count). The smallest absolute Gasteiger partial charge is 0.394 e. The summed E-state index contributed by atoms with van der Waals surface area (Å²) in [6.07, 6.45) is -11.7. The van der Waals surface area contributed by atoms with Gasteiger partial charge in [0.25, 0.3) is 0 Å². The first-order valence-corrected chi connectivity index (χ1v) is 30.2. The Balaban J connectivity index is 1.84. The van der Waals surface area contributed by atoms with Crippen LogP contribution in [0.4, 0.5) is 74.6 Å². The first kappa shape index (κ1) is 90.2. The lowest BCUT2D eigenvalue weighted by atomic mass is 9.87. The number of aliphatic hydroxyl groups excluding tert-OH is 1. The third-order valence-corrected chi connectivity index (χ3v) is 12.1. The highest BCUT2D eigenvalue weighted by molar-refractivity contribution is 5.23. The van der Waals surface area contributed by atoms with Crippen LogP contribution < -0.4 is 0 Å². The highest BCUT2D eigenvalue weighted by Crippen LogP contribution is 2.64. The van der Waals surface area contributed by atoms with E-state index in [9.17, 15) is 74.6 Å². The van der Waals surface area contributed by atoms with Crippen LogP contribution in [-0.2, 0) is 108 Å². The number of ether oxygens (including phenoxy) is 20. The van der Waals surface area contributed by atoms with Gasteiger partial charge >= 0.3 is 47.6 Å². The summed E-state index contributed by atoms with van der Waals surface area (Å²) in [6, 6.07) is 4.23. The van der Waals surface area contributed by atoms with Crippen molar-refractivity contribution in [1.82, 2.24) is 0 Å². The minimum atomic E-state index is -8.66. The zero-order valence-electron chi connectivity index (χ0n) is 52.8. The predicted molar refractivity (Wildman–Crippen MR) is 298 cm³/mol. The Morgan fingerprint density at radius 2 is 0.379 bits per heavy atom. The van der Waals surface area contributed by atoms with Gasteiger partial charge in [-0.1, -0.05) is 24.3 Å². The van der Waals surface area contributed by atoms with Crippen LogP contribution in [0.25, 0.3) is 0 Å². The van der Waals surface area contributed by atoms with Gasteiger partial charge in [-0.15, -0.1) is 0 Å². The second kappa shape index (κ2) is 53.1. The highest BCUT2D eigenvalue weighted by atomic mass is 19.4. The molecule has 0 radical (unpaired) electrons. The molecule has 0 spiro atoms. The Labute approximate surface area is 540 Å². The summed E-state index contributed by atoms with van der Waals surface area (Å²) in [5.74, 6) is -56.5. The molecule has 0 amide bonds. The summed E-state index contributed by atoms with van der Waals surface area (Å²) in [5, 5.41) is 8.61. The van der Waals surface area contributed by atoms with Gasteiger partial charge in [0.05, 0.1) is 271 Å². The van der Waals surface area contributed by atoms with Crippen molar-refractivity contribution in [3.63, 3.8) is 0 Å². The average Bonchev–Trinajstić information content (AvgIpc) is 0.699. The second-order valence-corrected chi connectivity index (χ2v) is 19.4. The molecule has 1 aromatic carbocycles. The predicted octanol–water partition coefficient (Wildman–Crippen LogP) is 7.45. The monoisotopic (exact) mass is 1430 g/mol. The topological polar surface area (TPSA) is 205 Å². The number of rotatable bonds is 70. The van der Waals surface area contributed by atoms with E-state index in [1.54, 1.807) is 0 Å². The number of hydrogen-bond donors (Lipinski definition) is 1. The van der Waals surface area contributed by atoms with Gasteiger partial charge in [-0.3, -0.25) is 0 Å². The Bertz CT molecular complexity index is 1930. The lowest BCUT2D eigenvalue weighted by Gasteiger charge is -2.42. The number of alkyl halides is 17. The van der Waals surface area contributed by atoms with Gasteiger partial charge < -0.3 is 99.8 Å². The van der Waals surface area contributed by atoms with E-state index < -0.39 is 60.5 Å². The van der Waals surface area contributed by atoms with E-state index >= 15 is 0 Å². The summed E-state index contributed by atoms with van der Waals surface area (Å²) in [4.78, 5) is 0. The fourth-order valence-electron chi connectivity index (χ4n) is 6.89. The fourth-order valence-corrected chi connectivity index (χ4v) is 6.89. The molecule has 0 unspecified atom stereocenters. The molecule has 38 heteroatoms. The van der Waals surface area contributed by atoms with Gasteiger partial charge in [0.2, 0.25) is 0 Å². The molecule has 0 bridgehead atoms. The molecule has 95 heavy (non-hydrogen) atoms. The van der Waals surface area contributed by atoms with Crippen LogP contribution in [-0.4, -0.2) is 317 Å². The van der Waals surface area contributed by atoms with Crippen LogP contribution in [0, 0.1) is 0 Å². The summed E-state index contributed by atoms with van der Waals surface area (Å²) in [7, 11) is 0. The van der Waals surface area contributed by atoms with Crippen LogP contribution in [0.1, 0.15) is 17.5 Å². The van der Waals surface area contributed by atoms with Crippen molar-refractivity contribution in [3.05, 3.63) is 35.4 Å². The van der Waals surface area contributed by atoms with E-state index in [1.165, 1.54) is 0 Å². The number of aryl methyl sites for hydroxylation is 1. The van der Waals surface area contributed by atoms with Crippen molar-refractivity contribution < 1.29 is 174 Å². The molecule has 564 valence electrons. The summed E-state index contributed by atoms with van der Waals surface area (Å²) >= 11 is 0. The van der Waals surface area contributed by atoms with E-state index in [2.05, 4.69) is 0 Å². The SMILES string of the molecule is OCCOCCOCCOCCOCCOCCOCCOCCOCCOCCOCCOCCOCCOCCOCCOCCOCCOCCOCCOCCOCc1ccc(CCC(F)(F)C(F)(F)C(F)(F)C(F)(F)C(F)(F)C(F)(F)C(F)(F)C(F)(F)F)cc1. The van der Waals surface area contributed by atoms with Crippen molar-refractivity contribution in [3.8, 4) is 0 Å². The van der Waals surface area contributed by atoms with E-state index in [1.807, 2.05) is 0 Å². The fraction of sp³-hybridized carbons (Fsp3) is 0.895. The largest absolute Gasteiger partial charge is 0.460 e. The molecule has 0 aliphatic rings. The Morgan fingerprint density at radius 3 is 0.579 bits per heavy atom. The molecule has 0 aliphatic heterocycles. The first-order valence-electron chi connectivity index (χ1n) is 30.2. The van der Waals surface area contributed by atoms with Crippen LogP contribution in [0.3, 0.4) is 0 Å². The minimum absolute atomic E-state index is 0.000860. The third kappa shape index (κ3) is 38.0. The summed E-state index contributed by atoms with van der Waals surface area (Å²) in [6.45, 7) is 14.8. The molecule has 21 nitrogen and oxygen atoms in total. The Kier molecular flexibility index (Phi) is 50.4. The van der Waals surface area contributed by atoms with Crippen molar-refractivity contribution in [2.75, 3.05) is 264 Å². The van der Waals surface area contributed by atoms with Crippen molar-refractivity contribution in [2.45, 2.75) is 67.1 Å². The maximum Gasteiger partial charge on any atom is 0.460 e. The van der Waals surface area contributed by atoms with E-state index in [0.717, 1.165) is 24.3 Å². The van der Waals surface area contributed by atoms with Crippen LogP contribution in [0.15, 0.2) is 24.3 Å². The summed E-state index contributed by atoms with van der Waals surface area (Å²) in [5.41, 5.74) is -0.0422. The zero-order chi connectivity index (χ0) is 70.5. The molecule has 0 aliphatic carbocycles. The number of hydrogen-bond acceptors (Lipinski definition) is 21. The van der Waals surface area contributed by atoms with Gasteiger partial charge in [0, 0.05) is 6.42 Å². The molecular formula is C57H91F17O21. The number of aliphatic hydroxyl groups is 1. The van der Waals surface area contributed by atoms with Gasteiger partial charge in [-0.05, 0) is 17.5 Å². The van der Waals surface area contributed by atoms with E-state index in [-0.39, 0.29) is 58.4 Å². The van der Waals surface area contributed by atoms with Crippen molar-refractivity contribution in [2.24, 2.45) is 0 Å².